The number of amides is 1. The van der Waals surface area contributed by atoms with Crippen LogP contribution < -0.4 is 14.8 Å². The molecule has 0 saturated heterocycles. The second-order valence-electron chi connectivity index (χ2n) is 5.12. The summed E-state index contributed by atoms with van der Waals surface area (Å²) in [7, 11) is 3.10. The lowest BCUT2D eigenvalue weighted by Crippen LogP contribution is -2.22. The number of methoxy groups -OCH3 is 2. The van der Waals surface area contributed by atoms with Crippen molar-refractivity contribution in [3.63, 3.8) is 0 Å². The van der Waals surface area contributed by atoms with Gasteiger partial charge in [-0.05, 0) is 31.2 Å². The molecule has 2 aromatic heterocycles. The lowest BCUT2D eigenvalue weighted by molar-refractivity contribution is -0.115. The molecule has 1 amide bonds. The third-order valence-electron chi connectivity index (χ3n) is 3.44. The van der Waals surface area contributed by atoms with Crippen molar-refractivity contribution in [2.24, 2.45) is 0 Å². The fourth-order valence-electron chi connectivity index (χ4n) is 2.16. The molecule has 2 heterocycles. The third-order valence-corrected chi connectivity index (χ3v) is 4.39. The van der Waals surface area contributed by atoms with E-state index in [1.165, 1.54) is 11.8 Å². The molecule has 7 nitrogen and oxygen atoms in total. The summed E-state index contributed by atoms with van der Waals surface area (Å²) in [6, 6.07) is 8.75. The number of nitrogens with one attached hydrogen (secondary N) is 1. The largest absolute Gasteiger partial charge is 0.493 e. The highest BCUT2D eigenvalue weighted by Gasteiger charge is 2.19. The number of pyridine rings is 1. The molecule has 0 saturated carbocycles. The number of rotatable bonds is 6. The van der Waals surface area contributed by atoms with Crippen molar-refractivity contribution in [1.29, 1.82) is 0 Å². The third kappa shape index (κ3) is 3.85. The molecule has 0 aliphatic carbocycles. The van der Waals surface area contributed by atoms with Crippen molar-refractivity contribution in [1.82, 2.24) is 9.97 Å². The molecule has 0 aliphatic rings. The number of hydrogen-bond donors (Lipinski definition) is 1. The highest BCUT2D eigenvalue weighted by molar-refractivity contribution is 8.00. The highest BCUT2D eigenvalue weighted by Crippen LogP contribution is 2.31. The average molecular weight is 359 g/mol. The number of hydrogen-bond acceptors (Lipinski definition) is 7. The Bertz CT molecular complexity index is 863. The summed E-state index contributed by atoms with van der Waals surface area (Å²) in [6.07, 6.45) is 1.65. The van der Waals surface area contributed by atoms with Crippen LogP contribution in [0.25, 0.3) is 11.2 Å². The Kier molecular flexibility index (Phi) is 5.08. The number of carbonyl (C=O) groups is 1. The number of nitrogens with zero attached hydrogens (tertiary/aromatic N) is 2. The van der Waals surface area contributed by atoms with Gasteiger partial charge in [0.05, 0.1) is 19.5 Å². The monoisotopic (exact) mass is 359 g/mol. The Morgan fingerprint density at radius 1 is 1.24 bits per heavy atom. The molecule has 0 fully saturated rings. The van der Waals surface area contributed by atoms with E-state index in [1.807, 2.05) is 0 Å². The van der Waals surface area contributed by atoms with Gasteiger partial charge in [0.2, 0.25) is 5.91 Å². The Morgan fingerprint density at radius 3 is 2.76 bits per heavy atom. The van der Waals surface area contributed by atoms with E-state index in [4.69, 9.17) is 13.9 Å². The molecule has 1 atom stereocenters. The van der Waals surface area contributed by atoms with Crippen molar-refractivity contribution in [2.75, 3.05) is 19.5 Å². The molecule has 1 unspecified atom stereocenters. The summed E-state index contributed by atoms with van der Waals surface area (Å²) in [5.74, 6) is 0.972. The normalized spacial score (nSPS) is 12.0. The molecule has 1 aromatic carbocycles. The first-order valence-corrected chi connectivity index (χ1v) is 8.40. The van der Waals surface area contributed by atoms with Gasteiger partial charge in [-0.15, -0.1) is 0 Å². The number of carbonyl (C=O) groups excluding carboxylic acids is 1. The Hall–Kier alpha value is -2.74. The minimum absolute atomic E-state index is 0.174. The zero-order chi connectivity index (χ0) is 17.8. The number of ether oxygens (including phenoxy) is 2. The van der Waals surface area contributed by atoms with Gasteiger partial charge in [-0.3, -0.25) is 4.79 Å². The maximum absolute atomic E-state index is 12.4. The average Bonchev–Trinajstić information content (AvgIpc) is 3.03. The van der Waals surface area contributed by atoms with Crippen molar-refractivity contribution in [3.8, 4) is 11.5 Å². The molecule has 0 bridgehead atoms. The van der Waals surface area contributed by atoms with E-state index < -0.39 is 5.25 Å². The number of thioether (sulfide) groups is 1. The summed E-state index contributed by atoms with van der Waals surface area (Å²) < 4.78 is 16.0. The van der Waals surface area contributed by atoms with E-state index in [9.17, 15) is 4.79 Å². The van der Waals surface area contributed by atoms with Crippen LogP contribution in [0.15, 0.2) is 46.2 Å². The summed E-state index contributed by atoms with van der Waals surface area (Å²) in [4.78, 5) is 20.8. The van der Waals surface area contributed by atoms with E-state index in [1.54, 1.807) is 57.7 Å². The van der Waals surface area contributed by atoms with Gasteiger partial charge in [-0.25, -0.2) is 4.98 Å². The number of benzene rings is 1. The summed E-state index contributed by atoms with van der Waals surface area (Å²) in [6.45, 7) is 1.78. The molecule has 3 rings (SSSR count). The minimum Gasteiger partial charge on any atom is -0.493 e. The van der Waals surface area contributed by atoms with E-state index in [0.29, 0.717) is 33.6 Å². The number of aromatic nitrogens is 2. The van der Waals surface area contributed by atoms with Gasteiger partial charge in [0.15, 0.2) is 22.7 Å². The molecule has 0 radical (unpaired) electrons. The zero-order valence-corrected chi connectivity index (χ0v) is 14.8. The minimum atomic E-state index is -0.402. The van der Waals surface area contributed by atoms with Crippen LogP contribution in [-0.2, 0) is 4.79 Å². The molecule has 8 heteroatoms. The van der Waals surface area contributed by atoms with Gasteiger partial charge in [0.1, 0.15) is 0 Å². The SMILES string of the molecule is COc1ccc(NC(=O)C(C)Sc2nc3ncccc3o2)cc1OC. The number of fused-ring (bicyclic) bond motifs is 1. The first-order valence-electron chi connectivity index (χ1n) is 7.52. The first-order chi connectivity index (χ1) is 12.1. The Balaban J connectivity index is 1.68. The summed E-state index contributed by atoms with van der Waals surface area (Å²) >= 11 is 1.23. The van der Waals surface area contributed by atoms with Crippen molar-refractivity contribution >= 4 is 34.6 Å². The van der Waals surface area contributed by atoms with Crippen LogP contribution in [0, 0.1) is 0 Å². The van der Waals surface area contributed by atoms with Crippen LogP contribution in [0.4, 0.5) is 5.69 Å². The van der Waals surface area contributed by atoms with Gasteiger partial charge in [-0.2, -0.15) is 4.98 Å². The fourth-order valence-corrected chi connectivity index (χ4v) is 2.91. The van der Waals surface area contributed by atoms with Gasteiger partial charge >= 0.3 is 0 Å². The smallest absolute Gasteiger partial charge is 0.259 e. The molecule has 1 N–H and O–H groups in total. The molecule has 25 heavy (non-hydrogen) atoms. The zero-order valence-electron chi connectivity index (χ0n) is 14.0. The molecule has 3 aromatic rings. The summed E-state index contributed by atoms with van der Waals surface area (Å²) in [5, 5.41) is 2.85. The number of oxazole rings is 1. The fraction of sp³-hybridized carbons (Fsp3) is 0.235. The topological polar surface area (TPSA) is 86.5 Å². The quantitative estimate of drug-likeness (QED) is 0.675. The maximum Gasteiger partial charge on any atom is 0.259 e. The van der Waals surface area contributed by atoms with Crippen LogP contribution in [-0.4, -0.2) is 35.3 Å². The number of anilines is 1. The van der Waals surface area contributed by atoms with Crippen molar-refractivity contribution in [3.05, 3.63) is 36.5 Å². The van der Waals surface area contributed by atoms with Gasteiger partial charge in [-0.1, -0.05) is 11.8 Å². The first kappa shape index (κ1) is 17.1. The van der Waals surface area contributed by atoms with Crippen LogP contribution in [0.3, 0.4) is 0 Å². The predicted molar refractivity (Wildman–Crippen MR) is 95.3 cm³/mol. The van der Waals surface area contributed by atoms with Crippen LogP contribution >= 0.6 is 11.8 Å². The highest BCUT2D eigenvalue weighted by atomic mass is 32.2. The molecular weight excluding hydrogens is 342 g/mol. The van der Waals surface area contributed by atoms with Gasteiger partial charge in [0, 0.05) is 18.0 Å². The second-order valence-corrected chi connectivity index (χ2v) is 6.42. The standard InChI is InChI=1S/C17H17N3O4S/c1-10(25-17-20-15-13(24-17)5-4-8-18-15)16(21)19-11-6-7-12(22-2)14(9-11)23-3/h4-10H,1-3H3,(H,19,21). The van der Waals surface area contributed by atoms with Gasteiger partial charge < -0.3 is 19.2 Å². The molecule has 0 aliphatic heterocycles. The lowest BCUT2D eigenvalue weighted by Gasteiger charge is -2.12. The maximum atomic E-state index is 12.4. The predicted octanol–water partition coefficient (Wildman–Crippen LogP) is 3.36. The van der Waals surface area contributed by atoms with Gasteiger partial charge in [0.25, 0.3) is 5.22 Å². The van der Waals surface area contributed by atoms with E-state index in [0.717, 1.165) is 0 Å². The van der Waals surface area contributed by atoms with Crippen LogP contribution in [0.1, 0.15) is 6.92 Å². The summed E-state index contributed by atoms with van der Waals surface area (Å²) in [5.41, 5.74) is 1.74. The molecular formula is C17H17N3O4S. The second kappa shape index (κ2) is 7.43. The molecule has 0 spiro atoms. The Labute approximate surface area is 148 Å². The van der Waals surface area contributed by atoms with Crippen LogP contribution in [0.2, 0.25) is 0 Å². The van der Waals surface area contributed by atoms with E-state index >= 15 is 0 Å². The van der Waals surface area contributed by atoms with E-state index in [-0.39, 0.29) is 5.91 Å². The molecule has 130 valence electrons. The van der Waals surface area contributed by atoms with E-state index in [2.05, 4.69) is 15.3 Å². The lowest BCUT2D eigenvalue weighted by atomic mass is 10.2. The Morgan fingerprint density at radius 2 is 2.04 bits per heavy atom. The van der Waals surface area contributed by atoms with Crippen molar-refractivity contribution < 1.29 is 18.7 Å². The van der Waals surface area contributed by atoms with Crippen LogP contribution in [0.5, 0.6) is 11.5 Å². The van der Waals surface area contributed by atoms with Crippen molar-refractivity contribution in [2.45, 2.75) is 17.4 Å².